The van der Waals surface area contributed by atoms with E-state index in [0.29, 0.717) is 83.9 Å². The Balaban J connectivity index is 0.000000126. The van der Waals surface area contributed by atoms with Gasteiger partial charge in [-0.05, 0) is 270 Å². The Morgan fingerprint density at radius 1 is 0.384 bits per heavy atom. The molecule has 722 valence electrons. The SMILES string of the molecule is CCCCNC(c1cccc(-c2cc3ccccc3o2)n1)C1CCCCC1.CCOC1CC(c2cc(C(C)(C)C)cc(-c3c4ccccc4cc4ccccc34)c2O)=NO1.CCOC1CC(c2cc(C(C)(C)C)cc(-c3cccc4ccccc34)c2O)=NO1.Cc1cc(C)c(-c2cc(C(C)(C)C)cc(C3=NOC(C4CCCCC4)C3)c2O)c(C)c1.Oc1ccccc1C1=NOC(C2CCCCC2)C1. The number of pyridine rings is 1. The van der Waals surface area contributed by atoms with Gasteiger partial charge in [0.25, 0.3) is 0 Å². The zero-order valence-electron chi connectivity index (χ0n) is 83.8. The number of phenols is 4. The Morgan fingerprint density at radius 2 is 0.804 bits per heavy atom. The molecule has 3 aliphatic carbocycles. The summed E-state index contributed by atoms with van der Waals surface area (Å²) < 4.78 is 17.2. The van der Waals surface area contributed by atoms with E-state index in [-0.39, 0.29) is 40.0 Å². The van der Waals surface area contributed by atoms with E-state index in [2.05, 4.69) is 249 Å². The molecule has 2 aromatic heterocycles. The molecular weight excluding hydrogens is 1710 g/mol. The normalized spacial score (nSPS) is 18.3. The first-order valence-corrected chi connectivity index (χ1v) is 50.8. The zero-order valence-corrected chi connectivity index (χ0v) is 83.8. The van der Waals surface area contributed by atoms with Crippen LogP contribution in [0.1, 0.15) is 285 Å². The van der Waals surface area contributed by atoms with Gasteiger partial charge in [-0.15, -0.1) is 0 Å². The number of phenolic OH excluding ortho intramolecular Hbond substituents is 4. The van der Waals surface area contributed by atoms with Crippen molar-refractivity contribution in [1.29, 1.82) is 0 Å². The quantitative estimate of drug-likeness (QED) is 0.0354. The Bertz CT molecular complexity index is 6450. The number of para-hydroxylation sites is 2. The molecule has 5 N–H and O–H groups in total. The predicted octanol–water partition coefficient (Wildman–Crippen LogP) is 30.5. The van der Waals surface area contributed by atoms with Crippen LogP contribution >= 0.6 is 0 Å². The molecule has 20 rings (SSSR count). The number of hydrogen-bond acceptors (Lipinski definition) is 17. The van der Waals surface area contributed by atoms with Crippen molar-refractivity contribution in [2.24, 2.45) is 38.4 Å². The van der Waals surface area contributed by atoms with Gasteiger partial charge in [-0.3, -0.25) is 0 Å². The fourth-order valence-electron chi connectivity index (χ4n) is 21.0. The number of nitrogens with one attached hydrogen (secondary N) is 1. The number of aromatic hydroxyl groups is 4. The Labute approximate surface area is 816 Å². The van der Waals surface area contributed by atoms with E-state index in [4.69, 9.17) is 38.2 Å². The third-order valence-electron chi connectivity index (χ3n) is 28.6. The van der Waals surface area contributed by atoms with E-state index in [1.807, 2.05) is 92.7 Å². The minimum atomic E-state index is -0.412. The largest absolute Gasteiger partial charge is 0.507 e. The maximum absolute atomic E-state index is 11.7. The van der Waals surface area contributed by atoms with Crippen molar-refractivity contribution in [1.82, 2.24) is 10.3 Å². The summed E-state index contributed by atoms with van der Waals surface area (Å²) in [5.74, 6) is 3.86. The molecule has 11 aromatic carbocycles. The maximum atomic E-state index is 11.7. The molecule has 0 saturated heterocycles. The van der Waals surface area contributed by atoms with Crippen LogP contribution in [0, 0.1) is 38.5 Å². The number of aryl methyl sites for hydroxylation is 3. The van der Waals surface area contributed by atoms with Crippen molar-refractivity contribution in [3.63, 3.8) is 0 Å². The van der Waals surface area contributed by atoms with Gasteiger partial charge in [-0.25, -0.2) is 4.98 Å². The van der Waals surface area contributed by atoms with Crippen LogP contribution in [-0.4, -0.2) is 92.8 Å². The first-order valence-electron chi connectivity index (χ1n) is 50.8. The van der Waals surface area contributed by atoms with Crippen molar-refractivity contribution < 1.29 is 53.7 Å². The lowest BCUT2D eigenvalue weighted by molar-refractivity contribution is -0.120. The molecule has 3 fully saturated rings. The monoisotopic (exact) mass is 1860 g/mol. The van der Waals surface area contributed by atoms with Gasteiger partial charge in [0, 0.05) is 75.9 Å². The van der Waals surface area contributed by atoms with Crippen LogP contribution in [0.2, 0.25) is 0 Å². The second kappa shape index (κ2) is 44.3. The summed E-state index contributed by atoms with van der Waals surface area (Å²) in [6.07, 6.45) is 24.2. The Hall–Kier alpha value is -12.2. The maximum Gasteiger partial charge on any atom is 0.232 e. The first kappa shape index (κ1) is 98.9. The second-order valence-electron chi connectivity index (χ2n) is 41.8. The molecular formula is C121H142N6O11. The average molecular weight is 1860 g/mol. The lowest BCUT2D eigenvalue weighted by atomic mass is 9.80. The van der Waals surface area contributed by atoms with Gasteiger partial charge < -0.3 is 59.0 Å². The van der Waals surface area contributed by atoms with E-state index in [1.54, 1.807) is 6.07 Å². The number of aromatic nitrogens is 1. The number of hydrogen-bond donors (Lipinski definition) is 5. The van der Waals surface area contributed by atoms with Gasteiger partial charge in [0.15, 0.2) is 5.76 Å². The highest BCUT2D eigenvalue weighted by atomic mass is 16.8. The molecule has 0 radical (unpaired) electrons. The Morgan fingerprint density at radius 3 is 1.32 bits per heavy atom. The van der Waals surface area contributed by atoms with Crippen LogP contribution in [0.3, 0.4) is 0 Å². The number of unbranched alkanes of at least 4 members (excludes halogenated alkanes) is 1. The van der Waals surface area contributed by atoms with E-state index >= 15 is 0 Å². The van der Waals surface area contributed by atoms with Crippen molar-refractivity contribution in [2.45, 2.75) is 286 Å². The zero-order chi connectivity index (χ0) is 96.9. The van der Waals surface area contributed by atoms with E-state index in [0.717, 1.165) is 147 Å². The minimum absolute atomic E-state index is 0.0352. The number of furan rings is 1. The lowest BCUT2D eigenvalue weighted by Crippen LogP contribution is -2.31. The third-order valence-corrected chi connectivity index (χ3v) is 28.6. The molecule has 4 aliphatic heterocycles. The molecule has 0 spiro atoms. The van der Waals surface area contributed by atoms with Gasteiger partial charge in [-0.2, -0.15) is 0 Å². The molecule has 6 heterocycles. The predicted molar refractivity (Wildman–Crippen MR) is 564 cm³/mol. The van der Waals surface area contributed by atoms with Crippen molar-refractivity contribution in [2.75, 3.05) is 19.8 Å². The summed E-state index contributed by atoms with van der Waals surface area (Å²) in [7, 11) is 0. The Kier molecular flexibility index (Phi) is 31.8. The smallest absolute Gasteiger partial charge is 0.232 e. The molecule has 17 heteroatoms. The first-order chi connectivity index (χ1) is 66.6. The summed E-state index contributed by atoms with van der Waals surface area (Å²) in [4.78, 5) is 27.4. The number of fused-ring (bicyclic) bond motifs is 4. The van der Waals surface area contributed by atoms with Crippen LogP contribution in [0.4, 0.5) is 0 Å². The number of rotatable bonds is 20. The fraction of sp³-hybridized carbons (Fsp3) is 0.413. The molecule has 0 amide bonds. The van der Waals surface area contributed by atoms with Gasteiger partial charge in [0.1, 0.15) is 46.5 Å². The average Bonchev–Trinajstić information content (AvgIpc) is 1.15. The standard InChI is InChI=1S/C29H29NO3.C28H37NO2.C25H27NO3.C24H30N2O.C15H19NO2/c1-5-32-26-17-25(30-33-26)23-15-20(29(2,3)4)16-24(28(23)31)27-21-12-8-6-10-18(21)14-19-11-7-9-13-22(19)27;1-17-12-18(2)26(19(3)13-17)23-15-21(28(4,5)6)14-22(27(23)30)24-16-25(31-29-24)20-10-8-7-9-11-20;1-5-28-23-15-22(26-29-23)21-14-17(25(2,3)4)13-20(24(21)27)19-12-8-10-16-9-6-7-11-18(16)19;1-2-3-16-25-24(18-10-5-4-6-11-18)21-14-9-13-20(26-21)23-17-19-12-7-8-15-22(19)27-23;17-14-9-5-4-8-12(14)13-10-15(18-16-13)11-6-2-1-3-7-11/h6-16,26,31H,5,17H2,1-4H3;12-15,20,25,30H,7-11,16H2,1-6H3;6-14,23,27H,5,15H2,1-4H3;7-9,12-15,17-18,24-25H,2-6,10-11,16H2,1H3;4-5,8-9,11,15,17H,1-3,6-7,10H2. The summed E-state index contributed by atoms with van der Waals surface area (Å²) in [6.45, 7) is 34.4. The number of ether oxygens (including phenoxy) is 2. The third kappa shape index (κ3) is 23.2. The summed E-state index contributed by atoms with van der Waals surface area (Å²) in [5, 5.41) is 73.1. The van der Waals surface area contributed by atoms with Crippen molar-refractivity contribution >= 4 is 66.1 Å². The van der Waals surface area contributed by atoms with Crippen LogP contribution in [0.5, 0.6) is 23.0 Å². The van der Waals surface area contributed by atoms with E-state index in [9.17, 15) is 20.4 Å². The minimum Gasteiger partial charge on any atom is -0.507 e. The molecule has 17 nitrogen and oxygen atoms in total. The molecule has 138 heavy (non-hydrogen) atoms. The van der Waals surface area contributed by atoms with Crippen LogP contribution in [-0.2, 0) is 45.1 Å². The van der Waals surface area contributed by atoms with Gasteiger partial charge in [0.2, 0.25) is 12.6 Å². The van der Waals surface area contributed by atoms with E-state index < -0.39 is 12.6 Å². The van der Waals surface area contributed by atoms with Gasteiger partial charge in [-0.1, -0.05) is 299 Å². The van der Waals surface area contributed by atoms with Crippen LogP contribution in [0.25, 0.3) is 88.1 Å². The lowest BCUT2D eigenvalue weighted by Gasteiger charge is -2.31. The molecule has 5 unspecified atom stereocenters. The van der Waals surface area contributed by atoms with Crippen LogP contribution < -0.4 is 5.32 Å². The molecule has 7 aliphatic rings. The van der Waals surface area contributed by atoms with Gasteiger partial charge in [0.05, 0.1) is 47.4 Å². The highest BCUT2D eigenvalue weighted by molar-refractivity contribution is 6.16. The summed E-state index contributed by atoms with van der Waals surface area (Å²) in [5.41, 5.74) is 21.9. The molecule has 13 aromatic rings. The highest BCUT2D eigenvalue weighted by Crippen LogP contribution is 2.49. The van der Waals surface area contributed by atoms with Gasteiger partial charge >= 0.3 is 0 Å². The number of oxime groups is 4. The van der Waals surface area contributed by atoms with Crippen LogP contribution in [0.15, 0.2) is 243 Å². The van der Waals surface area contributed by atoms with E-state index in [1.165, 1.54) is 131 Å². The topological polar surface area (TPSA) is 224 Å². The van der Waals surface area contributed by atoms with Crippen molar-refractivity contribution in [3.05, 3.63) is 280 Å². The highest BCUT2D eigenvalue weighted by Gasteiger charge is 2.38. The second-order valence-corrected chi connectivity index (χ2v) is 41.8. The number of benzene rings is 11. The molecule has 3 saturated carbocycles. The molecule has 5 atom stereocenters. The molecule has 0 bridgehead atoms. The number of nitrogens with zero attached hydrogens (tertiary/aromatic N) is 5. The summed E-state index contributed by atoms with van der Waals surface area (Å²) >= 11 is 0. The fourth-order valence-corrected chi connectivity index (χ4v) is 21.0. The van der Waals surface area contributed by atoms with Crippen molar-refractivity contribution in [3.8, 4) is 67.8 Å². The summed E-state index contributed by atoms with van der Waals surface area (Å²) in [6, 6.07) is 74.6.